The van der Waals surface area contributed by atoms with E-state index in [2.05, 4.69) is 15.4 Å². The average molecular weight is 375 g/mol. The van der Waals surface area contributed by atoms with Crippen LogP contribution in [0.15, 0.2) is 48.9 Å². The maximum absolute atomic E-state index is 13.1. The van der Waals surface area contributed by atoms with Crippen LogP contribution in [0.5, 0.6) is 0 Å². The zero-order valence-corrected chi connectivity index (χ0v) is 14.1. The molecule has 1 atom stereocenters. The van der Waals surface area contributed by atoms with Gasteiger partial charge in [-0.2, -0.15) is 18.3 Å². The van der Waals surface area contributed by atoms with Gasteiger partial charge in [-0.1, -0.05) is 6.07 Å². The van der Waals surface area contributed by atoms with E-state index in [4.69, 9.17) is 0 Å². The SMILES string of the molecule is O=C(NC1CCn2ccnc2C1)c1cccc(-n2nccc2C(F)(F)F)c1. The van der Waals surface area contributed by atoms with Gasteiger partial charge in [-0.05, 0) is 30.7 Å². The molecule has 0 radical (unpaired) electrons. The summed E-state index contributed by atoms with van der Waals surface area (Å²) in [5.41, 5.74) is -0.427. The summed E-state index contributed by atoms with van der Waals surface area (Å²) in [5, 5.41) is 6.68. The number of hydrogen-bond donors (Lipinski definition) is 1. The molecule has 140 valence electrons. The molecule has 0 spiro atoms. The monoisotopic (exact) mass is 375 g/mol. The second-order valence-electron chi connectivity index (χ2n) is 6.38. The van der Waals surface area contributed by atoms with Crippen LogP contribution in [0.25, 0.3) is 5.69 Å². The Bertz CT molecular complexity index is 975. The largest absolute Gasteiger partial charge is 0.433 e. The summed E-state index contributed by atoms with van der Waals surface area (Å²) < 4.78 is 42.1. The van der Waals surface area contributed by atoms with Crippen molar-refractivity contribution in [2.24, 2.45) is 0 Å². The molecule has 9 heteroatoms. The van der Waals surface area contributed by atoms with Gasteiger partial charge < -0.3 is 9.88 Å². The summed E-state index contributed by atoms with van der Waals surface area (Å²) in [6.07, 6.45) is 1.57. The number of alkyl halides is 3. The Morgan fingerprint density at radius 2 is 2.07 bits per heavy atom. The number of carbonyl (C=O) groups is 1. The van der Waals surface area contributed by atoms with Crippen LogP contribution < -0.4 is 5.32 Å². The van der Waals surface area contributed by atoms with Crippen molar-refractivity contribution in [2.75, 3.05) is 0 Å². The van der Waals surface area contributed by atoms with Gasteiger partial charge in [0.25, 0.3) is 5.91 Å². The van der Waals surface area contributed by atoms with Crippen molar-refractivity contribution in [2.45, 2.75) is 31.6 Å². The molecule has 1 aliphatic rings. The van der Waals surface area contributed by atoms with E-state index >= 15 is 0 Å². The van der Waals surface area contributed by atoms with E-state index in [1.165, 1.54) is 12.1 Å². The van der Waals surface area contributed by atoms with Gasteiger partial charge in [0.15, 0.2) is 0 Å². The fraction of sp³-hybridized carbons (Fsp3) is 0.278. The molecule has 0 bridgehead atoms. The second-order valence-corrected chi connectivity index (χ2v) is 6.38. The van der Waals surface area contributed by atoms with E-state index < -0.39 is 11.9 Å². The van der Waals surface area contributed by atoms with Gasteiger partial charge in [0.05, 0.1) is 11.9 Å². The van der Waals surface area contributed by atoms with Gasteiger partial charge in [0, 0.05) is 37.0 Å². The van der Waals surface area contributed by atoms with Crippen LogP contribution >= 0.6 is 0 Å². The molecule has 3 aromatic rings. The number of aromatic nitrogens is 4. The Morgan fingerprint density at radius 3 is 2.89 bits per heavy atom. The van der Waals surface area contributed by atoms with Crippen LogP contribution in [0.2, 0.25) is 0 Å². The minimum Gasteiger partial charge on any atom is -0.349 e. The maximum atomic E-state index is 13.1. The number of imidazole rings is 1. The van der Waals surface area contributed by atoms with Crippen molar-refractivity contribution in [3.05, 3.63) is 66.0 Å². The predicted octanol–water partition coefficient (Wildman–Crippen LogP) is 2.83. The Hall–Kier alpha value is -3.10. The van der Waals surface area contributed by atoms with Crippen molar-refractivity contribution in [3.63, 3.8) is 0 Å². The third-order valence-corrected chi connectivity index (χ3v) is 4.57. The normalized spacial score (nSPS) is 16.8. The Morgan fingerprint density at radius 1 is 1.22 bits per heavy atom. The molecular weight excluding hydrogens is 359 g/mol. The molecule has 1 amide bonds. The van der Waals surface area contributed by atoms with Gasteiger partial charge in [-0.25, -0.2) is 9.67 Å². The highest BCUT2D eigenvalue weighted by molar-refractivity contribution is 5.94. The fourth-order valence-electron chi connectivity index (χ4n) is 3.25. The fourth-order valence-corrected chi connectivity index (χ4v) is 3.25. The van der Waals surface area contributed by atoms with E-state index in [0.717, 1.165) is 35.7 Å². The molecule has 1 aromatic carbocycles. The Kier molecular flexibility index (Phi) is 4.21. The zero-order chi connectivity index (χ0) is 19.0. The molecule has 0 fully saturated rings. The van der Waals surface area contributed by atoms with Gasteiger partial charge in [0.1, 0.15) is 11.5 Å². The molecule has 0 saturated carbocycles. The minimum atomic E-state index is -4.53. The van der Waals surface area contributed by atoms with Crippen LogP contribution in [0, 0.1) is 0 Å². The molecule has 6 nitrogen and oxygen atoms in total. The van der Waals surface area contributed by atoms with Crippen molar-refractivity contribution >= 4 is 5.91 Å². The number of nitrogens with zero attached hydrogens (tertiary/aromatic N) is 4. The Labute approximate surface area is 152 Å². The number of benzene rings is 1. The highest BCUT2D eigenvalue weighted by atomic mass is 19.4. The lowest BCUT2D eigenvalue weighted by Gasteiger charge is -2.24. The van der Waals surface area contributed by atoms with E-state index in [9.17, 15) is 18.0 Å². The first kappa shape index (κ1) is 17.3. The zero-order valence-electron chi connectivity index (χ0n) is 14.1. The molecule has 1 aliphatic heterocycles. The first-order chi connectivity index (χ1) is 12.9. The van der Waals surface area contributed by atoms with Crippen LogP contribution in [0.1, 0.15) is 28.3 Å². The van der Waals surface area contributed by atoms with Gasteiger partial charge in [0.2, 0.25) is 0 Å². The summed E-state index contributed by atoms with van der Waals surface area (Å²) in [6.45, 7) is 0.766. The second kappa shape index (κ2) is 6.57. The molecular formula is C18H16F3N5O. The summed E-state index contributed by atoms with van der Waals surface area (Å²) in [7, 11) is 0. The highest BCUT2D eigenvalue weighted by Crippen LogP contribution is 2.30. The molecule has 27 heavy (non-hydrogen) atoms. The van der Waals surface area contributed by atoms with Crippen LogP contribution in [-0.4, -0.2) is 31.3 Å². The predicted molar refractivity (Wildman–Crippen MR) is 90.4 cm³/mol. The van der Waals surface area contributed by atoms with Crippen LogP contribution in [-0.2, 0) is 19.1 Å². The minimum absolute atomic E-state index is 0.0634. The van der Waals surface area contributed by atoms with Crippen molar-refractivity contribution in [1.29, 1.82) is 0 Å². The molecule has 1 unspecified atom stereocenters. The number of nitrogens with one attached hydrogen (secondary N) is 1. The number of fused-ring (bicyclic) bond motifs is 1. The number of rotatable bonds is 3. The standard InChI is InChI=1S/C18H16F3N5O/c19-18(20,21)15-4-6-23-26(15)14-3-1-2-12(10-14)17(27)24-13-5-8-25-9-7-22-16(25)11-13/h1-4,6-7,9-10,13H,5,8,11H2,(H,24,27). The first-order valence-corrected chi connectivity index (χ1v) is 8.44. The maximum Gasteiger partial charge on any atom is 0.433 e. The highest BCUT2D eigenvalue weighted by Gasteiger charge is 2.35. The third-order valence-electron chi connectivity index (χ3n) is 4.57. The number of halogens is 3. The molecule has 0 saturated heterocycles. The smallest absolute Gasteiger partial charge is 0.349 e. The number of amides is 1. The lowest BCUT2D eigenvalue weighted by Crippen LogP contribution is -2.40. The number of carbonyl (C=O) groups excluding carboxylic acids is 1. The quantitative estimate of drug-likeness (QED) is 0.766. The average Bonchev–Trinajstić information content (AvgIpc) is 3.30. The van der Waals surface area contributed by atoms with Crippen molar-refractivity contribution in [1.82, 2.24) is 24.6 Å². The van der Waals surface area contributed by atoms with E-state index in [1.54, 1.807) is 18.3 Å². The molecule has 1 N–H and O–H groups in total. The molecule has 2 aromatic heterocycles. The van der Waals surface area contributed by atoms with E-state index in [0.29, 0.717) is 6.42 Å². The van der Waals surface area contributed by atoms with E-state index in [1.807, 2.05) is 10.8 Å². The van der Waals surface area contributed by atoms with E-state index in [-0.39, 0.29) is 23.2 Å². The number of hydrogen-bond acceptors (Lipinski definition) is 3. The summed E-state index contributed by atoms with van der Waals surface area (Å²) in [4.78, 5) is 16.8. The third kappa shape index (κ3) is 3.44. The lowest BCUT2D eigenvalue weighted by molar-refractivity contribution is -0.142. The lowest BCUT2D eigenvalue weighted by atomic mass is 10.1. The van der Waals surface area contributed by atoms with Crippen LogP contribution in [0.3, 0.4) is 0 Å². The molecule has 3 heterocycles. The van der Waals surface area contributed by atoms with Gasteiger partial charge in [-0.15, -0.1) is 0 Å². The summed E-state index contributed by atoms with van der Waals surface area (Å²) >= 11 is 0. The van der Waals surface area contributed by atoms with Crippen LogP contribution in [0.4, 0.5) is 13.2 Å². The summed E-state index contributed by atoms with van der Waals surface area (Å²) in [6, 6.07) is 6.83. The molecule has 4 rings (SSSR count). The van der Waals surface area contributed by atoms with Crippen molar-refractivity contribution in [3.8, 4) is 5.69 Å². The Balaban J connectivity index is 1.53. The van der Waals surface area contributed by atoms with Gasteiger partial charge in [-0.3, -0.25) is 4.79 Å². The van der Waals surface area contributed by atoms with Crippen molar-refractivity contribution < 1.29 is 18.0 Å². The topological polar surface area (TPSA) is 64.7 Å². The first-order valence-electron chi connectivity index (χ1n) is 8.44. The summed E-state index contributed by atoms with van der Waals surface area (Å²) in [5.74, 6) is 0.578. The number of aryl methyl sites for hydroxylation is 1. The van der Waals surface area contributed by atoms with Gasteiger partial charge >= 0.3 is 6.18 Å². The molecule has 0 aliphatic carbocycles.